The molecule has 0 fully saturated rings. The van der Waals surface area contributed by atoms with Crippen LogP contribution in [0, 0.1) is 0 Å². The van der Waals surface area contributed by atoms with E-state index in [1.54, 1.807) is 11.8 Å². The van der Waals surface area contributed by atoms with Gasteiger partial charge in [0, 0.05) is 22.8 Å². The van der Waals surface area contributed by atoms with Crippen molar-refractivity contribution in [1.29, 1.82) is 0 Å². The third-order valence-corrected chi connectivity index (χ3v) is 4.22. The van der Waals surface area contributed by atoms with Crippen LogP contribution in [0.25, 0.3) is 10.9 Å². The third-order valence-electron chi connectivity index (χ3n) is 2.93. The molecule has 1 aliphatic rings. The Morgan fingerprint density at radius 1 is 1.41 bits per heavy atom. The average molecular weight is 246 g/mol. The minimum atomic E-state index is 0.243. The molecular formula is C13H14N2OS. The molecule has 2 aromatic rings. The minimum Gasteiger partial charge on any atom is -0.396 e. The van der Waals surface area contributed by atoms with Gasteiger partial charge < -0.3 is 10.1 Å². The van der Waals surface area contributed by atoms with Crippen molar-refractivity contribution in [3.05, 3.63) is 36.0 Å². The summed E-state index contributed by atoms with van der Waals surface area (Å²) in [5, 5.41) is 11.6. The molecule has 1 aliphatic heterocycles. The molecule has 3 nitrogen and oxygen atoms in total. The lowest BCUT2D eigenvalue weighted by Gasteiger charge is -2.03. The van der Waals surface area contributed by atoms with Crippen molar-refractivity contribution >= 4 is 27.7 Å². The van der Waals surface area contributed by atoms with E-state index in [2.05, 4.69) is 28.2 Å². The molecule has 4 heteroatoms. The van der Waals surface area contributed by atoms with Crippen LogP contribution < -0.4 is 0 Å². The number of aromatic amines is 1. The lowest BCUT2D eigenvalue weighted by atomic mass is 10.2. The quantitative estimate of drug-likeness (QED) is 0.873. The van der Waals surface area contributed by atoms with E-state index in [1.807, 2.05) is 12.1 Å². The minimum absolute atomic E-state index is 0.243. The van der Waals surface area contributed by atoms with Gasteiger partial charge in [0.1, 0.15) is 5.04 Å². The Kier molecular flexibility index (Phi) is 2.91. The maximum Gasteiger partial charge on any atom is 0.114 e. The number of H-pyrrole nitrogens is 1. The van der Waals surface area contributed by atoms with Crippen molar-refractivity contribution in [2.75, 3.05) is 13.2 Å². The summed E-state index contributed by atoms with van der Waals surface area (Å²) in [6.07, 6.45) is 0.817. The van der Waals surface area contributed by atoms with Crippen LogP contribution in [0.5, 0.6) is 0 Å². The standard InChI is InChI=1S/C13H14N2OS/c16-6-5-10-8-14-13(17-10)12-7-9-3-1-2-4-11(9)15-12/h1-4,7,10,15-16H,5-6,8H2. The summed E-state index contributed by atoms with van der Waals surface area (Å²) in [6, 6.07) is 10.4. The fourth-order valence-electron chi connectivity index (χ4n) is 2.05. The first-order valence-corrected chi connectivity index (χ1v) is 6.65. The molecule has 17 heavy (non-hydrogen) atoms. The smallest absolute Gasteiger partial charge is 0.114 e. The number of hydrogen-bond donors (Lipinski definition) is 2. The number of benzene rings is 1. The van der Waals surface area contributed by atoms with Gasteiger partial charge in [0.05, 0.1) is 12.2 Å². The summed E-state index contributed by atoms with van der Waals surface area (Å²) in [7, 11) is 0. The molecule has 0 amide bonds. The van der Waals surface area contributed by atoms with Gasteiger partial charge in [-0.3, -0.25) is 4.99 Å². The van der Waals surface area contributed by atoms with Gasteiger partial charge in [-0.15, -0.1) is 0 Å². The number of thioether (sulfide) groups is 1. The van der Waals surface area contributed by atoms with Gasteiger partial charge in [-0.2, -0.15) is 0 Å². The molecule has 0 saturated carbocycles. The Bertz CT molecular complexity index is 528. The molecule has 0 aliphatic carbocycles. The van der Waals surface area contributed by atoms with Gasteiger partial charge in [-0.1, -0.05) is 30.0 Å². The summed E-state index contributed by atoms with van der Waals surface area (Å²) in [6.45, 7) is 1.06. The predicted octanol–water partition coefficient (Wildman–Crippen LogP) is 2.41. The molecular weight excluding hydrogens is 232 g/mol. The first kappa shape index (κ1) is 10.9. The average Bonchev–Trinajstić information content (AvgIpc) is 2.94. The molecule has 1 aromatic carbocycles. The van der Waals surface area contributed by atoms with Crippen molar-refractivity contribution in [2.24, 2.45) is 4.99 Å². The highest BCUT2D eigenvalue weighted by atomic mass is 32.2. The molecule has 2 heterocycles. The van der Waals surface area contributed by atoms with Crippen molar-refractivity contribution in [2.45, 2.75) is 11.7 Å². The highest BCUT2D eigenvalue weighted by Crippen LogP contribution is 2.28. The number of hydrogen-bond acceptors (Lipinski definition) is 3. The normalized spacial score (nSPS) is 19.8. The number of fused-ring (bicyclic) bond motifs is 1. The summed E-state index contributed by atoms with van der Waals surface area (Å²) in [4.78, 5) is 7.92. The highest BCUT2D eigenvalue weighted by Gasteiger charge is 2.21. The molecule has 1 atom stereocenters. The zero-order chi connectivity index (χ0) is 11.7. The fourth-order valence-corrected chi connectivity index (χ4v) is 3.12. The molecule has 3 rings (SSSR count). The van der Waals surface area contributed by atoms with Crippen LogP contribution in [0.1, 0.15) is 12.1 Å². The van der Waals surface area contributed by atoms with Gasteiger partial charge in [-0.25, -0.2) is 0 Å². The zero-order valence-corrected chi connectivity index (χ0v) is 10.2. The number of rotatable bonds is 3. The summed E-state index contributed by atoms with van der Waals surface area (Å²) < 4.78 is 0. The van der Waals surface area contributed by atoms with Gasteiger partial charge >= 0.3 is 0 Å². The topological polar surface area (TPSA) is 48.4 Å². The van der Waals surface area contributed by atoms with Crippen LogP contribution in [-0.4, -0.2) is 33.5 Å². The van der Waals surface area contributed by atoms with Crippen LogP contribution in [0.4, 0.5) is 0 Å². The number of aromatic nitrogens is 1. The van der Waals surface area contributed by atoms with E-state index in [0.29, 0.717) is 5.25 Å². The monoisotopic (exact) mass is 246 g/mol. The fraction of sp³-hybridized carbons (Fsp3) is 0.308. The van der Waals surface area contributed by atoms with Crippen LogP contribution in [-0.2, 0) is 0 Å². The van der Waals surface area contributed by atoms with E-state index >= 15 is 0 Å². The number of aliphatic hydroxyl groups excluding tert-OH is 1. The highest BCUT2D eigenvalue weighted by molar-refractivity contribution is 8.15. The van der Waals surface area contributed by atoms with Crippen molar-refractivity contribution in [3.63, 3.8) is 0 Å². The second kappa shape index (κ2) is 4.55. The molecule has 88 valence electrons. The van der Waals surface area contributed by atoms with Gasteiger partial charge in [-0.05, 0) is 18.6 Å². The van der Waals surface area contributed by atoms with E-state index in [-0.39, 0.29) is 6.61 Å². The second-order valence-electron chi connectivity index (χ2n) is 4.17. The number of nitrogens with one attached hydrogen (secondary N) is 1. The Balaban J connectivity index is 1.85. The maximum atomic E-state index is 8.93. The van der Waals surface area contributed by atoms with E-state index in [1.165, 1.54) is 5.39 Å². The van der Waals surface area contributed by atoms with Crippen molar-refractivity contribution in [1.82, 2.24) is 4.98 Å². The Morgan fingerprint density at radius 3 is 3.12 bits per heavy atom. The maximum absolute atomic E-state index is 8.93. The Labute approximate surface area is 104 Å². The number of aliphatic imine (C=N–C) groups is 1. The number of aliphatic hydroxyl groups is 1. The van der Waals surface area contributed by atoms with Crippen LogP contribution in [0.3, 0.4) is 0 Å². The summed E-state index contributed by atoms with van der Waals surface area (Å²) in [5.74, 6) is 0. The third kappa shape index (κ3) is 2.10. The first-order valence-electron chi connectivity index (χ1n) is 5.77. The van der Waals surface area contributed by atoms with E-state index in [9.17, 15) is 0 Å². The van der Waals surface area contributed by atoms with E-state index < -0.39 is 0 Å². The predicted molar refractivity (Wildman–Crippen MR) is 72.8 cm³/mol. The van der Waals surface area contributed by atoms with E-state index in [0.717, 1.165) is 29.2 Å². The molecule has 0 spiro atoms. The molecule has 1 aromatic heterocycles. The van der Waals surface area contributed by atoms with Gasteiger partial charge in [0.25, 0.3) is 0 Å². The van der Waals surface area contributed by atoms with Crippen LogP contribution in [0.2, 0.25) is 0 Å². The second-order valence-corrected chi connectivity index (χ2v) is 5.46. The number of para-hydroxylation sites is 1. The van der Waals surface area contributed by atoms with Crippen LogP contribution >= 0.6 is 11.8 Å². The molecule has 2 N–H and O–H groups in total. The zero-order valence-electron chi connectivity index (χ0n) is 9.39. The lowest BCUT2D eigenvalue weighted by molar-refractivity contribution is 0.288. The number of nitrogens with zero attached hydrogens (tertiary/aromatic N) is 1. The van der Waals surface area contributed by atoms with Gasteiger partial charge in [0.2, 0.25) is 0 Å². The summed E-state index contributed by atoms with van der Waals surface area (Å²) >= 11 is 1.76. The molecule has 1 unspecified atom stereocenters. The Morgan fingerprint density at radius 2 is 2.29 bits per heavy atom. The van der Waals surface area contributed by atoms with Crippen molar-refractivity contribution in [3.8, 4) is 0 Å². The SMILES string of the molecule is OCCC1CN=C(c2cc3ccccc3[nH]2)S1. The van der Waals surface area contributed by atoms with Gasteiger partial charge in [0.15, 0.2) is 0 Å². The first-order chi connectivity index (χ1) is 8.36. The molecule has 0 radical (unpaired) electrons. The van der Waals surface area contributed by atoms with Crippen molar-refractivity contribution < 1.29 is 5.11 Å². The lowest BCUT2D eigenvalue weighted by Crippen LogP contribution is -2.05. The van der Waals surface area contributed by atoms with Crippen LogP contribution in [0.15, 0.2) is 35.3 Å². The Hall–Kier alpha value is -1.26. The summed E-state index contributed by atoms with van der Waals surface area (Å²) in [5.41, 5.74) is 2.24. The molecule has 0 bridgehead atoms. The van der Waals surface area contributed by atoms with E-state index in [4.69, 9.17) is 5.11 Å². The largest absolute Gasteiger partial charge is 0.396 e. The molecule has 0 saturated heterocycles.